The summed E-state index contributed by atoms with van der Waals surface area (Å²) in [5.41, 5.74) is 1.65. The number of aliphatic hydroxyl groups excluding tert-OH is 1. The SMILES string of the molecule is O=Cc1cc(Br)cc(I)c1.OCc1cc(Br)cc(I)c1. The summed E-state index contributed by atoms with van der Waals surface area (Å²) < 4.78 is 4.16. The molecule has 2 nitrogen and oxygen atoms in total. The van der Waals surface area contributed by atoms with Gasteiger partial charge >= 0.3 is 0 Å². The molecule has 0 atom stereocenters. The summed E-state index contributed by atoms with van der Waals surface area (Å²) in [6.07, 6.45) is 0.840. The standard InChI is InChI=1S/C7H6BrIO.C7H4BrIO/c2*8-6-1-5(4-10)2-7(9)3-6/h1-3,10H,4H2;1-4H. The van der Waals surface area contributed by atoms with E-state index < -0.39 is 0 Å². The lowest BCUT2D eigenvalue weighted by atomic mass is 10.2. The number of aliphatic hydroxyl groups is 1. The lowest BCUT2D eigenvalue weighted by Crippen LogP contribution is -1.83. The van der Waals surface area contributed by atoms with E-state index in [0.717, 1.165) is 27.9 Å². The molecule has 2 aromatic carbocycles. The van der Waals surface area contributed by atoms with Crippen molar-refractivity contribution in [2.24, 2.45) is 0 Å². The molecular formula is C14H10Br2I2O2. The van der Waals surface area contributed by atoms with Crippen LogP contribution in [-0.4, -0.2) is 11.4 Å². The first-order valence-electron chi connectivity index (χ1n) is 5.41. The Morgan fingerprint density at radius 2 is 1.50 bits per heavy atom. The minimum absolute atomic E-state index is 0.107. The van der Waals surface area contributed by atoms with Crippen molar-refractivity contribution in [1.29, 1.82) is 0 Å². The van der Waals surface area contributed by atoms with E-state index in [1.165, 1.54) is 0 Å². The van der Waals surface area contributed by atoms with Crippen molar-refractivity contribution in [3.05, 3.63) is 63.6 Å². The third kappa shape index (κ3) is 6.97. The molecule has 0 amide bonds. The van der Waals surface area contributed by atoms with E-state index in [1.807, 2.05) is 30.3 Å². The van der Waals surface area contributed by atoms with Gasteiger partial charge < -0.3 is 5.11 Å². The zero-order valence-electron chi connectivity index (χ0n) is 10.1. The fourth-order valence-corrected chi connectivity index (χ4v) is 4.68. The smallest absolute Gasteiger partial charge is 0.150 e. The van der Waals surface area contributed by atoms with Crippen LogP contribution in [0.4, 0.5) is 0 Å². The molecule has 0 bridgehead atoms. The van der Waals surface area contributed by atoms with E-state index in [1.54, 1.807) is 6.07 Å². The lowest BCUT2D eigenvalue weighted by Gasteiger charge is -1.97. The third-order valence-electron chi connectivity index (χ3n) is 2.13. The number of benzene rings is 2. The molecule has 0 heterocycles. The van der Waals surface area contributed by atoms with Crippen molar-refractivity contribution in [1.82, 2.24) is 0 Å². The van der Waals surface area contributed by atoms with Crippen molar-refractivity contribution in [3.8, 4) is 0 Å². The van der Waals surface area contributed by atoms with E-state index in [9.17, 15) is 4.79 Å². The Hall–Kier alpha value is 0.490. The number of carbonyl (C=O) groups excluding carboxylic acids is 1. The summed E-state index contributed by atoms with van der Waals surface area (Å²) in [6.45, 7) is 0.107. The second-order valence-corrected chi connectivity index (χ2v) is 8.08. The predicted molar refractivity (Wildman–Crippen MR) is 105 cm³/mol. The highest BCUT2D eigenvalue weighted by Crippen LogP contribution is 2.17. The van der Waals surface area contributed by atoms with Crippen LogP contribution in [0.25, 0.3) is 0 Å². The Morgan fingerprint density at radius 1 is 0.950 bits per heavy atom. The van der Waals surface area contributed by atoms with E-state index in [4.69, 9.17) is 5.11 Å². The van der Waals surface area contributed by atoms with Crippen molar-refractivity contribution < 1.29 is 9.90 Å². The highest BCUT2D eigenvalue weighted by atomic mass is 127. The molecule has 2 aromatic rings. The molecule has 0 aliphatic rings. The van der Waals surface area contributed by atoms with Crippen LogP contribution in [0, 0.1) is 7.14 Å². The molecule has 20 heavy (non-hydrogen) atoms. The third-order valence-corrected chi connectivity index (χ3v) is 4.29. The van der Waals surface area contributed by atoms with Gasteiger partial charge in [0.1, 0.15) is 6.29 Å². The predicted octanol–water partition coefficient (Wildman–Crippen LogP) is 5.41. The van der Waals surface area contributed by atoms with Crippen LogP contribution in [0.1, 0.15) is 15.9 Å². The van der Waals surface area contributed by atoms with Crippen molar-refractivity contribution in [2.75, 3.05) is 0 Å². The first-order chi connectivity index (χ1) is 9.44. The second-order valence-electron chi connectivity index (χ2n) is 3.76. The highest BCUT2D eigenvalue weighted by molar-refractivity contribution is 14.1. The van der Waals surface area contributed by atoms with Crippen LogP contribution < -0.4 is 0 Å². The number of hydrogen-bond donors (Lipinski definition) is 1. The van der Waals surface area contributed by atoms with Crippen LogP contribution in [0.15, 0.2) is 45.3 Å². The van der Waals surface area contributed by atoms with Crippen LogP contribution >= 0.6 is 77.0 Å². The van der Waals surface area contributed by atoms with Crippen LogP contribution in [0.2, 0.25) is 0 Å². The first-order valence-corrected chi connectivity index (χ1v) is 9.16. The van der Waals surface area contributed by atoms with E-state index in [0.29, 0.717) is 5.56 Å². The van der Waals surface area contributed by atoms with Crippen molar-refractivity contribution in [2.45, 2.75) is 6.61 Å². The second kappa shape index (κ2) is 9.50. The van der Waals surface area contributed by atoms with Gasteiger partial charge in [-0.05, 0) is 87.1 Å². The van der Waals surface area contributed by atoms with Crippen molar-refractivity contribution >= 4 is 83.3 Å². The summed E-state index contributed by atoms with van der Waals surface area (Å²) in [6, 6.07) is 11.4. The number of rotatable bonds is 2. The molecule has 2 rings (SSSR count). The Labute approximate surface area is 161 Å². The van der Waals surface area contributed by atoms with Crippen molar-refractivity contribution in [3.63, 3.8) is 0 Å². The number of carbonyl (C=O) groups is 1. The monoisotopic (exact) mass is 622 g/mol. The fourth-order valence-electron chi connectivity index (χ4n) is 1.35. The Bertz CT molecular complexity index is 563. The van der Waals surface area contributed by atoms with Gasteiger partial charge in [0.15, 0.2) is 0 Å². The Morgan fingerprint density at radius 3 is 1.95 bits per heavy atom. The van der Waals surface area contributed by atoms with Gasteiger partial charge in [0, 0.05) is 21.6 Å². The molecule has 0 saturated heterocycles. The normalized spacial score (nSPS) is 9.65. The largest absolute Gasteiger partial charge is 0.392 e. The highest BCUT2D eigenvalue weighted by Gasteiger charge is 1.95. The zero-order valence-corrected chi connectivity index (χ0v) is 17.6. The first kappa shape index (κ1) is 18.5. The maximum Gasteiger partial charge on any atom is 0.150 e. The quantitative estimate of drug-likeness (QED) is 0.359. The minimum atomic E-state index is 0.107. The van der Waals surface area contributed by atoms with E-state index in [2.05, 4.69) is 77.0 Å². The van der Waals surface area contributed by atoms with Crippen LogP contribution in [-0.2, 0) is 6.61 Å². The van der Waals surface area contributed by atoms with Gasteiger partial charge in [0.2, 0.25) is 0 Å². The molecular weight excluding hydrogens is 614 g/mol. The van der Waals surface area contributed by atoms with E-state index in [-0.39, 0.29) is 6.61 Å². The van der Waals surface area contributed by atoms with Gasteiger partial charge in [0.05, 0.1) is 6.61 Å². The minimum Gasteiger partial charge on any atom is -0.392 e. The lowest BCUT2D eigenvalue weighted by molar-refractivity contribution is 0.112. The Balaban J connectivity index is 0.000000200. The van der Waals surface area contributed by atoms with Gasteiger partial charge in [-0.15, -0.1) is 0 Å². The maximum atomic E-state index is 10.3. The molecule has 1 N–H and O–H groups in total. The number of aldehydes is 1. The average molecular weight is 624 g/mol. The van der Waals surface area contributed by atoms with Gasteiger partial charge in [-0.3, -0.25) is 4.79 Å². The van der Waals surface area contributed by atoms with Crippen LogP contribution in [0.3, 0.4) is 0 Å². The van der Waals surface area contributed by atoms with Gasteiger partial charge in [-0.1, -0.05) is 31.9 Å². The summed E-state index contributed by atoms with van der Waals surface area (Å²) in [7, 11) is 0. The van der Waals surface area contributed by atoms with Gasteiger partial charge in [-0.25, -0.2) is 0 Å². The van der Waals surface area contributed by atoms with Gasteiger partial charge in [-0.2, -0.15) is 0 Å². The van der Waals surface area contributed by atoms with Crippen LogP contribution in [0.5, 0.6) is 0 Å². The summed E-state index contributed by atoms with van der Waals surface area (Å²) in [5.74, 6) is 0. The zero-order chi connectivity index (χ0) is 15.1. The summed E-state index contributed by atoms with van der Waals surface area (Å²) in [4.78, 5) is 10.3. The molecule has 0 aliphatic carbocycles. The molecule has 0 aliphatic heterocycles. The molecule has 0 aromatic heterocycles. The number of hydrogen-bond acceptors (Lipinski definition) is 2. The molecule has 0 radical (unpaired) electrons. The molecule has 106 valence electrons. The summed E-state index contributed by atoms with van der Waals surface area (Å²) >= 11 is 11.0. The average Bonchev–Trinajstić information content (AvgIpc) is 2.37. The maximum absolute atomic E-state index is 10.3. The number of halogens is 4. The Kier molecular flexibility index (Phi) is 8.80. The topological polar surface area (TPSA) is 37.3 Å². The van der Waals surface area contributed by atoms with E-state index >= 15 is 0 Å². The molecule has 0 saturated carbocycles. The molecule has 0 fully saturated rings. The molecule has 6 heteroatoms. The fraction of sp³-hybridized carbons (Fsp3) is 0.0714. The molecule has 0 spiro atoms. The molecule has 0 unspecified atom stereocenters. The summed E-state index contributed by atoms with van der Waals surface area (Å²) in [5, 5.41) is 8.76. The van der Waals surface area contributed by atoms with Gasteiger partial charge in [0.25, 0.3) is 0 Å².